The molecule has 3 nitrogen and oxygen atoms in total. The van der Waals surface area contributed by atoms with Crippen LogP contribution < -0.4 is 4.80 Å². The number of benzene rings is 2. The zero-order valence-electron chi connectivity index (χ0n) is 15.0. The van der Waals surface area contributed by atoms with Gasteiger partial charge in [-0.05, 0) is 45.4 Å². The van der Waals surface area contributed by atoms with Crippen molar-refractivity contribution in [2.75, 3.05) is 0 Å². The molecule has 1 aromatic heterocycles. The lowest BCUT2D eigenvalue weighted by atomic mass is 10.1. The van der Waals surface area contributed by atoms with Crippen molar-refractivity contribution in [2.24, 2.45) is 4.99 Å². The van der Waals surface area contributed by atoms with Crippen LogP contribution in [0.3, 0.4) is 0 Å². The Morgan fingerprint density at radius 1 is 1.04 bits per heavy atom. The summed E-state index contributed by atoms with van der Waals surface area (Å²) in [7, 11) is 0. The third kappa shape index (κ3) is 3.64. The van der Waals surface area contributed by atoms with Crippen molar-refractivity contribution < 1.29 is 4.79 Å². The lowest BCUT2D eigenvalue weighted by molar-refractivity contribution is 0.0997. The standard InChI is InChI=1S/C21H22N2OS/c1-5-23-19(17-11-9-14(2)10-12-17)16(4)25-21(23)22-20(24)18-8-6-7-15(3)13-18/h6-13H,5H2,1-4H3. The van der Waals surface area contributed by atoms with Gasteiger partial charge in [-0.1, -0.05) is 47.5 Å². The predicted molar refractivity (Wildman–Crippen MR) is 104 cm³/mol. The lowest BCUT2D eigenvalue weighted by Gasteiger charge is -2.08. The van der Waals surface area contributed by atoms with Crippen LogP contribution in [0.4, 0.5) is 0 Å². The van der Waals surface area contributed by atoms with Crippen molar-refractivity contribution in [1.29, 1.82) is 0 Å². The first-order chi connectivity index (χ1) is 12.0. The number of aromatic nitrogens is 1. The largest absolute Gasteiger partial charge is 0.316 e. The third-order valence-corrected chi connectivity index (χ3v) is 5.18. The first kappa shape index (κ1) is 17.4. The first-order valence-electron chi connectivity index (χ1n) is 8.42. The van der Waals surface area contributed by atoms with Gasteiger partial charge in [0.1, 0.15) is 0 Å². The molecule has 0 aliphatic rings. The maximum atomic E-state index is 12.6. The number of hydrogen-bond donors (Lipinski definition) is 0. The first-order valence-corrected chi connectivity index (χ1v) is 9.24. The van der Waals surface area contributed by atoms with Crippen molar-refractivity contribution in [3.63, 3.8) is 0 Å². The maximum absolute atomic E-state index is 12.6. The molecule has 0 bridgehead atoms. The Morgan fingerprint density at radius 3 is 2.40 bits per heavy atom. The number of carbonyl (C=O) groups excluding carboxylic acids is 1. The van der Waals surface area contributed by atoms with E-state index in [1.54, 1.807) is 11.3 Å². The fraction of sp³-hybridized carbons (Fsp3) is 0.238. The van der Waals surface area contributed by atoms with Crippen LogP contribution in [0, 0.1) is 20.8 Å². The van der Waals surface area contributed by atoms with E-state index in [2.05, 4.69) is 54.6 Å². The van der Waals surface area contributed by atoms with Gasteiger partial charge in [-0.3, -0.25) is 4.79 Å². The molecule has 0 saturated heterocycles. The minimum Gasteiger partial charge on any atom is -0.316 e. The molecule has 0 spiro atoms. The van der Waals surface area contributed by atoms with Crippen molar-refractivity contribution in [2.45, 2.75) is 34.2 Å². The van der Waals surface area contributed by atoms with Gasteiger partial charge in [0, 0.05) is 17.0 Å². The van der Waals surface area contributed by atoms with Gasteiger partial charge in [-0.2, -0.15) is 4.99 Å². The lowest BCUT2D eigenvalue weighted by Crippen LogP contribution is -2.17. The van der Waals surface area contributed by atoms with Crippen molar-refractivity contribution >= 4 is 17.2 Å². The smallest absolute Gasteiger partial charge is 0.279 e. The van der Waals surface area contributed by atoms with Crippen LogP contribution in [0.5, 0.6) is 0 Å². The van der Waals surface area contributed by atoms with Crippen LogP contribution in [-0.4, -0.2) is 10.5 Å². The quantitative estimate of drug-likeness (QED) is 0.661. The molecule has 0 aliphatic heterocycles. The van der Waals surface area contributed by atoms with Crippen LogP contribution in [0.15, 0.2) is 53.5 Å². The van der Waals surface area contributed by atoms with Crippen molar-refractivity contribution in [1.82, 2.24) is 4.57 Å². The van der Waals surface area contributed by atoms with Gasteiger partial charge in [0.2, 0.25) is 0 Å². The van der Waals surface area contributed by atoms with Gasteiger partial charge in [-0.25, -0.2) is 0 Å². The number of hydrogen-bond acceptors (Lipinski definition) is 2. The highest BCUT2D eigenvalue weighted by Crippen LogP contribution is 2.25. The van der Waals surface area contributed by atoms with E-state index in [-0.39, 0.29) is 5.91 Å². The molecule has 0 N–H and O–H groups in total. The van der Waals surface area contributed by atoms with Crippen LogP contribution in [0.25, 0.3) is 11.3 Å². The number of rotatable bonds is 3. The Morgan fingerprint density at radius 2 is 1.76 bits per heavy atom. The van der Waals surface area contributed by atoms with Crippen molar-refractivity contribution in [3.05, 3.63) is 74.9 Å². The molecule has 2 aromatic carbocycles. The highest BCUT2D eigenvalue weighted by molar-refractivity contribution is 7.09. The minimum atomic E-state index is -0.192. The predicted octanol–water partition coefficient (Wildman–Crippen LogP) is 4.90. The summed E-state index contributed by atoms with van der Waals surface area (Å²) in [5.74, 6) is -0.192. The molecular weight excluding hydrogens is 328 g/mol. The molecule has 0 radical (unpaired) electrons. The Hall–Kier alpha value is -2.46. The highest BCUT2D eigenvalue weighted by atomic mass is 32.1. The van der Waals surface area contributed by atoms with Gasteiger partial charge in [0.15, 0.2) is 4.80 Å². The minimum absolute atomic E-state index is 0.192. The summed E-state index contributed by atoms with van der Waals surface area (Å²) in [5, 5.41) is 0. The summed E-state index contributed by atoms with van der Waals surface area (Å²) in [5.41, 5.74) is 5.23. The van der Waals surface area contributed by atoms with Gasteiger partial charge >= 0.3 is 0 Å². The molecule has 4 heteroatoms. The Labute approximate surface area is 152 Å². The normalized spacial score (nSPS) is 11.8. The summed E-state index contributed by atoms with van der Waals surface area (Å²) in [4.78, 5) is 18.9. The fourth-order valence-electron chi connectivity index (χ4n) is 2.90. The van der Waals surface area contributed by atoms with Gasteiger partial charge in [0.25, 0.3) is 5.91 Å². The molecule has 0 unspecified atom stereocenters. The number of aryl methyl sites for hydroxylation is 3. The molecule has 0 fully saturated rings. The van der Waals surface area contributed by atoms with Crippen LogP contribution in [-0.2, 0) is 6.54 Å². The average molecular weight is 350 g/mol. The topological polar surface area (TPSA) is 34.4 Å². The maximum Gasteiger partial charge on any atom is 0.279 e. The molecule has 1 heterocycles. The summed E-state index contributed by atoms with van der Waals surface area (Å²) >= 11 is 1.57. The van der Waals surface area contributed by atoms with Crippen LogP contribution >= 0.6 is 11.3 Å². The highest BCUT2D eigenvalue weighted by Gasteiger charge is 2.13. The molecular formula is C21H22N2OS. The zero-order valence-corrected chi connectivity index (χ0v) is 15.9. The summed E-state index contributed by atoms with van der Waals surface area (Å²) in [6.07, 6.45) is 0. The second-order valence-corrected chi connectivity index (χ2v) is 7.37. The van der Waals surface area contributed by atoms with E-state index in [0.29, 0.717) is 5.56 Å². The molecule has 3 rings (SSSR count). The van der Waals surface area contributed by atoms with E-state index in [0.717, 1.165) is 28.2 Å². The average Bonchev–Trinajstić information content (AvgIpc) is 2.90. The Bertz CT molecular complexity index is 978. The van der Waals surface area contributed by atoms with Gasteiger partial charge in [0.05, 0.1) is 5.69 Å². The van der Waals surface area contributed by atoms with Crippen molar-refractivity contribution in [3.8, 4) is 11.3 Å². The molecule has 0 saturated carbocycles. The monoisotopic (exact) mass is 350 g/mol. The molecule has 0 aliphatic carbocycles. The van der Waals surface area contributed by atoms with E-state index in [4.69, 9.17) is 0 Å². The molecule has 3 aromatic rings. The number of nitrogens with zero attached hydrogens (tertiary/aromatic N) is 2. The van der Waals surface area contributed by atoms with E-state index >= 15 is 0 Å². The zero-order chi connectivity index (χ0) is 18.0. The number of amides is 1. The second kappa shape index (κ2) is 7.19. The molecule has 1 amide bonds. The van der Waals surface area contributed by atoms with E-state index in [9.17, 15) is 4.79 Å². The fourth-order valence-corrected chi connectivity index (χ4v) is 3.96. The second-order valence-electron chi connectivity index (χ2n) is 6.19. The van der Waals surface area contributed by atoms with Crippen LogP contribution in [0.2, 0.25) is 0 Å². The van der Waals surface area contributed by atoms with Gasteiger partial charge < -0.3 is 4.57 Å². The molecule has 25 heavy (non-hydrogen) atoms. The molecule has 128 valence electrons. The third-order valence-electron chi connectivity index (χ3n) is 4.18. The number of thiazole rings is 1. The van der Waals surface area contributed by atoms with Crippen LogP contribution in [0.1, 0.15) is 33.3 Å². The summed E-state index contributed by atoms with van der Waals surface area (Å²) < 4.78 is 2.12. The Balaban J connectivity index is 2.10. The number of carbonyl (C=O) groups is 1. The van der Waals surface area contributed by atoms with Gasteiger partial charge in [-0.15, -0.1) is 11.3 Å². The SMILES string of the molecule is CCn1c(-c2ccc(C)cc2)c(C)sc1=NC(=O)c1cccc(C)c1. The Kier molecular flexibility index (Phi) is 5.00. The van der Waals surface area contributed by atoms with E-state index in [1.807, 2.05) is 31.2 Å². The summed E-state index contributed by atoms with van der Waals surface area (Å²) in [6, 6.07) is 16.0. The van der Waals surface area contributed by atoms with E-state index in [1.165, 1.54) is 10.4 Å². The molecule has 0 atom stereocenters. The summed E-state index contributed by atoms with van der Waals surface area (Å²) in [6.45, 7) is 9.00. The van der Waals surface area contributed by atoms with E-state index < -0.39 is 0 Å².